The zero-order chi connectivity index (χ0) is 17.8. The highest BCUT2D eigenvalue weighted by Crippen LogP contribution is 2.38. The smallest absolute Gasteiger partial charge is 0.400 e. The van der Waals surface area contributed by atoms with Crippen LogP contribution in [0, 0.1) is 0 Å². The maximum Gasteiger partial charge on any atom is 0.491 e. The van der Waals surface area contributed by atoms with E-state index >= 15 is 0 Å². The minimum absolute atomic E-state index is 0.353. The normalized spacial score (nSPS) is 19.9. The summed E-state index contributed by atoms with van der Waals surface area (Å²) >= 11 is 0. The van der Waals surface area contributed by atoms with Crippen LogP contribution in [-0.2, 0) is 14.1 Å². The lowest BCUT2D eigenvalue weighted by Crippen LogP contribution is -2.41. The number of rotatable bonds is 6. The van der Waals surface area contributed by atoms with Gasteiger partial charge in [0.25, 0.3) is 0 Å². The number of allylic oxidation sites excluding steroid dienone is 1. The van der Waals surface area contributed by atoms with Crippen LogP contribution in [0.2, 0.25) is 0 Å². The van der Waals surface area contributed by atoms with Crippen molar-refractivity contribution in [2.75, 3.05) is 13.6 Å². The molecule has 0 saturated carbocycles. The molecular weight excluding hydrogens is 301 g/mol. The van der Waals surface area contributed by atoms with Gasteiger partial charge in [-0.25, -0.2) is 0 Å². The van der Waals surface area contributed by atoms with E-state index in [0.29, 0.717) is 6.54 Å². The van der Waals surface area contributed by atoms with Gasteiger partial charge in [0.2, 0.25) is 0 Å². The van der Waals surface area contributed by atoms with E-state index < -0.39 is 0 Å². The van der Waals surface area contributed by atoms with E-state index in [4.69, 9.17) is 9.31 Å². The molecule has 0 amide bonds. The van der Waals surface area contributed by atoms with Crippen LogP contribution in [0.25, 0.3) is 12.2 Å². The number of carbonyl (C=O) groups excluding carboxylic acids is 1. The fourth-order valence-electron chi connectivity index (χ4n) is 2.47. The Kier molecular flexibility index (Phi) is 5.81. The highest BCUT2D eigenvalue weighted by molar-refractivity contribution is 6.55. The SMILES string of the molecule is CNCC(=Cc1ccc(/C=C/C=O)cc1)B1OC(C)(C)C(C)(C)O1. The number of likely N-dealkylation sites (N-methyl/N-ethyl adjacent to an activating group) is 1. The van der Waals surface area contributed by atoms with Gasteiger partial charge < -0.3 is 14.6 Å². The van der Waals surface area contributed by atoms with Gasteiger partial charge in [-0.3, -0.25) is 4.79 Å². The molecule has 0 aliphatic carbocycles. The molecule has 5 heteroatoms. The minimum Gasteiger partial charge on any atom is -0.400 e. The summed E-state index contributed by atoms with van der Waals surface area (Å²) in [6.45, 7) is 8.90. The minimum atomic E-state index is -0.364. The molecule has 2 rings (SSSR count). The highest BCUT2D eigenvalue weighted by atomic mass is 16.7. The molecule has 24 heavy (non-hydrogen) atoms. The average molecular weight is 327 g/mol. The van der Waals surface area contributed by atoms with E-state index in [1.54, 1.807) is 6.08 Å². The summed E-state index contributed by atoms with van der Waals surface area (Å²) in [5, 5.41) is 3.18. The molecule has 128 valence electrons. The Morgan fingerprint density at radius 2 is 1.62 bits per heavy atom. The second-order valence-corrected chi connectivity index (χ2v) is 7.00. The van der Waals surface area contributed by atoms with Crippen molar-refractivity contribution in [2.24, 2.45) is 0 Å². The Hall–Kier alpha value is -1.69. The third-order valence-corrected chi connectivity index (χ3v) is 4.59. The summed E-state index contributed by atoms with van der Waals surface area (Å²) in [5.74, 6) is 0. The molecule has 1 aliphatic heterocycles. The van der Waals surface area contributed by atoms with E-state index in [1.165, 1.54) is 6.08 Å². The Morgan fingerprint density at radius 1 is 1.08 bits per heavy atom. The third-order valence-electron chi connectivity index (χ3n) is 4.59. The summed E-state index contributed by atoms with van der Waals surface area (Å²) in [6, 6.07) is 8.00. The first-order valence-corrected chi connectivity index (χ1v) is 8.22. The largest absolute Gasteiger partial charge is 0.491 e. The average Bonchev–Trinajstić information content (AvgIpc) is 2.74. The second-order valence-electron chi connectivity index (χ2n) is 7.00. The molecule has 1 saturated heterocycles. The lowest BCUT2D eigenvalue weighted by atomic mass is 9.77. The predicted octanol–water partition coefficient (Wildman–Crippen LogP) is 3.13. The van der Waals surface area contributed by atoms with E-state index in [0.717, 1.165) is 22.9 Å². The first-order valence-electron chi connectivity index (χ1n) is 8.22. The Morgan fingerprint density at radius 3 is 2.12 bits per heavy atom. The Balaban J connectivity index is 2.23. The molecule has 0 radical (unpaired) electrons. The summed E-state index contributed by atoms with van der Waals surface area (Å²) in [4.78, 5) is 10.4. The van der Waals surface area contributed by atoms with Gasteiger partial charge in [-0.15, -0.1) is 0 Å². The molecule has 4 nitrogen and oxygen atoms in total. The monoisotopic (exact) mass is 327 g/mol. The topological polar surface area (TPSA) is 47.6 Å². The fraction of sp³-hybridized carbons (Fsp3) is 0.421. The standard InChI is InChI=1S/C19H26BNO3/c1-18(2)19(3,4)24-20(23-18)17(14-21-5)13-16-10-8-15(9-11-16)7-6-12-22/h6-13,21H,14H2,1-5H3/b7-6+,17-13?. The van der Waals surface area contributed by atoms with Crippen LogP contribution < -0.4 is 5.32 Å². The van der Waals surface area contributed by atoms with Crippen molar-refractivity contribution < 1.29 is 14.1 Å². The molecule has 1 aromatic rings. The number of carbonyl (C=O) groups is 1. The number of nitrogens with one attached hydrogen (secondary N) is 1. The predicted molar refractivity (Wildman–Crippen MR) is 99.5 cm³/mol. The Bertz CT molecular complexity index is 617. The number of aldehydes is 1. The summed E-state index contributed by atoms with van der Waals surface area (Å²) in [6.07, 6.45) is 6.13. The fourth-order valence-corrected chi connectivity index (χ4v) is 2.47. The summed E-state index contributed by atoms with van der Waals surface area (Å²) < 4.78 is 12.3. The molecule has 0 spiro atoms. The first-order chi connectivity index (χ1) is 11.3. The van der Waals surface area contributed by atoms with Gasteiger partial charge in [-0.2, -0.15) is 0 Å². The van der Waals surface area contributed by atoms with Crippen LogP contribution in [0.15, 0.2) is 35.8 Å². The molecule has 0 aromatic heterocycles. The van der Waals surface area contributed by atoms with Crippen molar-refractivity contribution in [3.05, 3.63) is 46.9 Å². The molecule has 1 N–H and O–H groups in total. The third kappa shape index (κ3) is 4.23. The second kappa shape index (κ2) is 7.47. The van der Waals surface area contributed by atoms with Crippen molar-refractivity contribution in [3.8, 4) is 0 Å². The van der Waals surface area contributed by atoms with Crippen LogP contribution in [0.5, 0.6) is 0 Å². The van der Waals surface area contributed by atoms with Gasteiger partial charge in [0, 0.05) is 6.54 Å². The van der Waals surface area contributed by atoms with Gasteiger partial charge in [0.15, 0.2) is 0 Å². The van der Waals surface area contributed by atoms with Gasteiger partial charge in [0.05, 0.1) is 11.2 Å². The molecule has 0 bridgehead atoms. The van der Waals surface area contributed by atoms with Crippen molar-refractivity contribution in [3.63, 3.8) is 0 Å². The maximum absolute atomic E-state index is 10.4. The van der Waals surface area contributed by atoms with Crippen molar-refractivity contribution in [2.45, 2.75) is 38.9 Å². The van der Waals surface area contributed by atoms with Gasteiger partial charge in [-0.1, -0.05) is 36.4 Å². The molecule has 0 unspecified atom stereocenters. The molecule has 1 aliphatic rings. The number of hydrogen-bond acceptors (Lipinski definition) is 4. The van der Waals surface area contributed by atoms with Crippen LogP contribution >= 0.6 is 0 Å². The number of benzene rings is 1. The quantitative estimate of drug-likeness (QED) is 0.495. The lowest BCUT2D eigenvalue weighted by Gasteiger charge is -2.32. The molecular formula is C19H26BNO3. The summed E-state index contributed by atoms with van der Waals surface area (Å²) in [7, 11) is 1.55. The van der Waals surface area contributed by atoms with Crippen molar-refractivity contribution in [1.29, 1.82) is 0 Å². The molecule has 1 aromatic carbocycles. The number of hydrogen-bond donors (Lipinski definition) is 1. The van der Waals surface area contributed by atoms with E-state index in [2.05, 4.69) is 39.1 Å². The Labute approximate surface area is 145 Å². The van der Waals surface area contributed by atoms with Gasteiger partial charge in [-0.05, 0) is 57.4 Å². The molecule has 1 heterocycles. The van der Waals surface area contributed by atoms with E-state index in [1.807, 2.05) is 31.3 Å². The summed E-state index contributed by atoms with van der Waals surface area (Å²) in [5.41, 5.74) is 2.40. The van der Waals surface area contributed by atoms with Crippen LogP contribution in [0.3, 0.4) is 0 Å². The van der Waals surface area contributed by atoms with E-state index in [-0.39, 0.29) is 18.3 Å². The van der Waals surface area contributed by atoms with Crippen molar-refractivity contribution >= 4 is 25.6 Å². The molecule has 1 fully saturated rings. The van der Waals surface area contributed by atoms with Crippen molar-refractivity contribution in [1.82, 2.24) is 5.32 Å². The maximum atomic E-state index is 10.4. The van der Waals surface area contributed by atoms with E-state index in [9.17, 15) is 4.79 Å². The lowest BCUT2D eigenvalue weighted by molar-refractivity contribution is -0.104. The first kappa shape index (κ1) is 18.7. The van der Waals surface area contributed by atoms with Crippen LogP contribution in [0.4, 0.5) is 0 Å². The highest BCUT2D eigenvalue weighted by Gasteiger charge is 2.52. The van der Waals surface area contributed by atoms with Crippen LogP contribution in [-0.4, -0.2) is 38.2 Å². The zero-order valence-electron chi connectivity index (χ0n) is 15.1. The zero-order valence-corrected chi connectivity index (χ0v) is 15.1. The molecule has 0 atom stereocenters. The van der Waals surface area contributed by atoms with Gasteiger partial charge >= 0.3 is 7.12 Å². The van der Waals surface area contributed by atoms with Crippen LogP contribution in [0.1, 0.15) is 38.8 Å². The van der Waals surface area contributed by atoms with Gasteiger partial charge in [0.1, 0.15) is 6.29 Å².